The third-order valence-electron chi connectivity index (χ3n) is 4.83. The number of carbonyl (C=O) groups excluding carboxylic acids is 1. The molecule has 27 heavy (non-hydrogen) atoms. The number of benzene rings is 2. The van der Waals surface area contributed by atoms with Crippen LogP contribution in [0.2, 0.25) is 0 Å². The molecule has 0 aliphatic carbocycles. The second kappa shape index (κ2) is 7.78. The predicted molar refractivity (Wildman–Crippen MR) is 108 cm³/mol. The summed E-state index contributed by atoms with van der Waals surface area (Å²) < 4.78 is 15.9. The Morgan fingerprint density at radius 1 is 1.07 bits per heavy atom. The number of hydrogen-bond donors (Lipinski definition) is 1. The molecule has 3 nitrogen and oxygen atoms in total. The Morgan fingerprint density at radius 2 is 1.74 bits per heavy atom. The maximum Gasteiger partial charge on any atom is 0.272 e. The van der Waals surface area contributed by atoms with Gasteiger partial charge in [0.15, 0.2) is 0 Å². The molecule has 0 radical (unpaired) electrons. The minimum atomic E-state index is -0.265. The summed E-state index contributed by atoms with van der Waals surface area (Å²) in [5, 5.41) is 2.97. The van der Waals surface area contributed by atoms with E-state index in [0.717, 1.165) is 16.9 Å². The maximum atomic E-state index is 14.1. The van der Waals surface area contributed by atoms with Crippen molar-refractivity contribution in [3.8, 4) is 0 Å². The van der Waals surface area contributed by atoms with Gasteiger partial charge in [-0.25, -0.2) is 4.39 Å². The van der Waals surface area contributed by atoms with E-state index >= 15 is 0 Å². The summed E-state index contributed by atoms with van der Waals surface area (Å²) in [4.78, 5) is 12.9. The van der Waals surface area contributed by atoms with Crippen LogP contribution in [0.15, 0.2) is 54.6 Å². The van der Waals surface area contributed by atoms with Crippen LogP contribution in [0.25, 0.3) is 0 Å². The van der Waals surface area contributed by atoms with Crippen LogP contribution in [0, 0.1) is 19.7 Å². The molecular formula is C23H25FN2O. The Bertz CT molecular complexity index is 955. The van der Waals surface area contributed by atoms with E-state index in [-0.39, 0.29) is 11.7 Å². The number of rotatable bonds is 5. The standard InChI is InChI=1S/C23H25FN2O/c1-15(2)18-9-11-20(12-10-18)25-23(27)22-16(3)13-17(4)26(22)14-19-7-5-6-8-21(19)24/h5-13,15H,14H2,1-4H3,(H,25,27). The van der Waals surface area contributed by atoms with E-state index in [0.29, 0.717) is 23.7 Å². The van der Waals surface area contributed by atoms with Crippen LogP contribution in [0.5, 0.6) is 0 Å². The molecule has 1 N–H and O–H groups in total. The number of hydrogen-bond acceptors (Lipinski definition) is 1. The van der Waals surface area contributed by atoms with Crippen LogP contribution in [0.3, 0.4) is 0 Å². The molecule has 0 spiro atoms. The van der Waals surface area contributed by atoms with Crippen LogP contribution in [-0.4, -0.2) is 10.5 Å². The molecule has 0 saturated carbocycles. The number of nitrogens with one attached hydrogen (secondary N) is 1. The van der Waals surface area contributed by atoms with Crippen molar-refractivity contribution in [1.82, 2.24) is 4.57 Å². The summed E-state index contributed by atoms with van der Waals surface area (Å²) in [7, 11) is 0. The lowest BCUT2D eigenvalue weighted by Gasteiger charge is -2.14. The molecule has 3 rings (SSSR count). The summed E-state index contributed by atoms with van der Waals surface area (Å²) in [5.74, 6) is -0.00855. The third-order valence-corrected chi connectivity index (χ3v) is 4.83. The molecular weight excluding hydrogens is 339 g/mol. The van der Waals surface area contributed by atoms with Gasteiger partial charge in [-0.2, -0.15) is 0 Å². The molecule has 140 valence electrons. The van der Waals surface area contributed by atoms with Gasteiger partial charge in [0.05, 0.1) is 6.54 Å². The van der Waals surface area contributed by atoms with Gasteiger partial charge in [0, 0.05) is 16.9 Å². The van der Waals surface area contributed by atoms with Crippen molar-refractivity contribution in [2.45, 2.75) is 40.2 Å². The monoisotopic (exact) mass is 364 g/mol. The zero-order valence-corrected chi connectivity index (χ0v) is 16.2. The second-order valence-electron chi connectivity index (χ2n) is 7.23. The predicted octanol–water partition coefficient (Wildman–Crippen LogP) is 5.67. The first kappa shape index (κ1) is 18.9. The van der Waals surface area contributed by atoms with Crippen molar-refractivity contribution < 1.29 is 9.18 Å². The van der Waals surface area contributed by atoms with Crippen molar-refractivity contribution in [1.29, 1.82) is 0 Å². The average Bonchev–Trinajstić information content (AvgIpc) is 2.90. The van der Waals surface area contributed by atoms with Gasteiger partial charge in [-0.3, -0.25) is 4.79 Å². The summed E-state index contributed by atoms with van der Waals surface area (Å²) in [6.45, 7) is 8.43. The molecule has 0 saturated heterocycles. The van der Waals surface area contributed by atoms with E-state index in [1.807, 2.05) is 48.7 Å². The molecule has 0 unspecified atom stereocenters. The SMILES string of the molecule is Cc1cc(C)n(Cc2ccccc2F)c1C(=O)Nc1ccc(C(C)C)cc1. The average molecular weight is 364 g/mol. The molecule has 2 aromatic carbocycles. The summed E-state index contributed by atoms with van der Waals surface area (Å²) >= 11 is 0. The smallest absolute Gasteiger partial charge is 0.272 e. The molecule has 0 aliphatic rings. The van der Waals surface area contributed by atoms with Crippen LogP contribution in [0.1, 0.15) is 52.6 Å². The van der Waals surface area contributed by atoms with Gasteiger partial charge >= 0.3 is 0 Å². The number of amides is 1. The Balaban J connectivity index is 1.87. The van der Waals surface area contributed by atoms with E-state index in [1.165, 1.54) is 11.6 Å². The molecule has 0 aliphatic heterocycles. The van der Waals surface area contributed by atoms with Gasteiger partial charge < -0.3 is 9.88 Å². The van der Waals surface area contributed by atoms with Crippen molar-refractivity contribution >= 4 is 11.6 Å². The first-order valence-corrected chi connectivity index (χ1v) is 9.18. The molecule has 3 aromatic rings. The fraction of sp³-hybridized carbons (Fsp3) is 0.261. The van der Waals surface area contributed by atoms with E-state index < -0.39 is 0 Å². The normalized spacial score (nSPS) is 11.0. The fourth-order valence-corrected chi connectivity index (χ4v) is 3.29. The lowest BCUT2D eigenvalue weighted by atomic mass is 10.0. The highest BCUT2D eigenvalue weighted by molar-refractivity contribution is 6.04. The molecule has 4 heteroatoms. The fourth-order valence-electron chi connectivity index (χ4n) is 3.29. The number of aryl methyl sites for hydroxylation is 2. The van der Waals surface area contributed by atoms with Crippen LogP contribution >= 0.6 is 0 Å². The highest BCUT2D eigenvalue weighted by Gasteiger charge is 2.18. The molecule has 1 heterocycles. The van der Waals surface area contributed by atoms with Crippen molar-refractivity contribution in [2.24, 2.45) is 0 Å². The van der Waals surface area contributed by atoms with Gasteiger partial charge in [-0.1, -0.05) is 44.2 Å². The minimum Gasteiger partial charge on any atom is -0.336 e. The van der Waals surface area contributed by atoms with Gasteiger partial charge in [0.2, 0.25) is 0 Å². The van der Waals surface area contributed by atoms with Crippen LogP contribution < -0.4 is 5.32 Å². The van der Waals surface area contributed by atoms with Gasteiger partial charge in [-0.15, -0.1) is 0 Å². The van der Waals surface area contributed by atoms with Crippen molar-refractivity contribution in [2.75, 3.05) is 5.32 Å². The first-order chi connectivity index (χ1) is 12.9. The number of carbonyl (C=O) groups is 1. The summed E-state index contributed by atoms with van der Waals surface area (Å²) in [6, 6.07) is 16.5. The van der Waals surface area contributed by atoms with E-state index in [4.69, 9.17) is 0 Å². The quantitative estimate of drug-likeness (QED) is 0.622. The van der Waals surface area contributed by atoms with Gasteiger partial charge in [0.25, 0.3) is 5.91 Å². The van der Waals surface area contributed by atoms with E-state index in [2.05, 4.69) is 19.2 Å². The second-order valence-corrected chi connectivity index (χ2v) is 7.23. The number of nitrogens with zero attached hydrogens (tertiary/aromatic N) is 1. The molecule has 0 atom stereocenters. The topological polar surface area (TPSA) is 34.0 Å². The number of anilines is 1. The van der Waals surface area contributed by atoms with Gasteiger partial charge in [0.1, 0.15) is 11.5 Å². The highest BCUT2D eigenvalue weighted by atomic mass is 19.1. The Kier molecular flexibility index (Phi) is 5.45. The highest BCUT2D eigenvalue weighted by Crippen LogP contribution is 2.21. The van der Waals surface area contributed by atoms with Crippen LogP contribution in [0.4, 0.5) is 10.1 Å². The van der Waals surface area contributed by atoms with Crippen molar-refractivity contribution in [3.63, 3.8) is 0 Å². The van der Waals surface area contributed by atoms with Crippen molar-refractivity contribution in [3.05, 3.63) is 88.5 Å². The molecule has 1 amide bonds. The Labute approximate surface area is 159 Å². The molecule has 0 fully saturated rings. The number of aromatic nitrogens is 1. The minimum absolute atomic E-state index is 0.186. The summed E-state index contributed by atoms with van der Waals surface area (Å²) in [6.07, 6.45) is 0. The lowest BCUT2D eigenvalue weighted by Crippen LogP contribution is -2.19. The zero-order chi connectivity index (χ0) is 19.6. The zero-order valence-electron chi connectivity index (χ0n) is 16.2. The lowest BCUT2D eigenvalue weighted by molar-refractivity contribution is 0.101. The molecule has 1 aromatic heterocycles. The molecule has 0 bridgehead atoms. The summed E-state index contributed by atoms with van der Waals surface area (Å²) in [5.41, 5.74) is 4.90. The third kappa shape index (κ3) is 4.11. The van der Waals surface area contributed by atoms with E-state index in [9.17, 15) is 9.18 Å². The Hall–Kier alpha value is -2.88. The van der Waals surface area contributed by atoms with Gasteiger partial charge in [-0.05, 0) is 55.2 Å². The van der Waals surface area contributed by atoms with E-state index in [1.54, 1.807) is 18.2 Å². The largest absolute Gasteiger partial charge is 0.336 e. The van der Waals surface area contributed by atoms with Crippen LogP contribution in [-0.2, 0) is 6.54 Å². The Morgan fingerprint density at radius 3 is 2.37 bits per heavy atom. The maximum absolute atomic E-state index is 14.1. The first-order valence-electron chi connectivity index (χ1n) is 9.18. The number of halogens is 1.